The van der Waals surface area contributed by atoms with Gasteiger partial charge < -0.3 is 4.74 Å². The lowest BCUT2D eigenvalue weighted by atomic mass is 10.1. The fourth-order valence-electron chi connectivity index (χ4n) is 1.36. The monoisotopic (exact) mass is 224 g/mol. The van der Waals surface area contributed by atoms with Gasteiger partial charge in [0.05, 0.1) is 6.61 Å². The van der Waals surface area contributed by atoms with Gasteiger partial charge in [-0.15, -0.1) is 0 Å². The molecule has 92 valence electrons. The number of hydrogen-bond donors (Lipinski definition) is 0. The van der Waals surface area contributed by atoms with Crippen LogP contribution in [0.2, 0.25) is 0 Å². The Bertz CT molecular complexity index is 258. The summed E-state index contributed by atoms with van der Waals surface area (Å²) in [7, 11) is 0. The van der Waals surface area contributed by atoms with E-state index in [1.807, 2.05) is 6.92 Å². The fourth-order valence-corrected chi connectivity index (χ4v) is 1.36. The summed E-state index contributed by atoms with van der Waals surface area (Å²) in [5, 5.41) is 0. The molecule has 0 bridgehead atoms. The van der Waals surface area contributed by atoms with Gasteiger partial charge in [0.1, 0.15) is 0 Å². The predicted molar refractivity (Wildman–Crippen MR) is 68.3 cm³/mol. The molecule has 0 fully saturated rings. The van der Waals surface area contributed by atoms with Crippen LogP contribution in [0.3, 0.4) is 0 Å². The maximum absolute atomic E-state index is 11.1. The van der Waals surface area contributed by atoms with E-state index in [1.165, 1.54) is 11.1 Å². The van der Waals surface area contributed by atoms with Gasteiger partial charge in [0, 0.05) is 6.42 Å². The van der Waals surface area contributed by atoms with Gasteiger partial charge in [-0.2, -0.15) is 0 Å². The summed E-state index contributed by atoms with van der Waals surface area (Å²) in [6.07, 6.45) is 7.82. The molecule has 0 unspecified atom stereocenters. The van der Waals surface area contributed by atoms with Crippen LogP contribution >= 0.6 is 0 Å². The van der Waals surface area contributed by atoms with Gasteiger partial charge in [0.2, 0.25) is 0 Å². The fraction of sp³-hybridized carbons (Fsp3) is 0.643. The quantitative estimate of drug-likeness (QED) is 0.482. The third-order valence-corrected chi connectivity index (χ3v) is 2.24. The average molecular weight is 224 g/mol. The molecule has 0 aliphatic heterocycles. The second-order valence-electron chi connectivity index (χ2n) is 4.21. The molecule has 0 aromatic heterocycles. The van der Waals surface area contributed by atoms with Crippen LogP contribution in [0.5, 0.6) is 0 Å². The molecule has 0 aromatic rings. The SMILES string of the molecule is CCOC(=O)CCC=C(C)CCC=C(C)C. The lowest BCUT2D eigenvalue weighted by molar-refractivity contribution is -0.142. The van der Waals surface area contributed by atoms with Crippen LogP contribution in [0.1, 0.15) is 53.4 Å². The second-order valence-corrected chi connectivity index (χ2v) is 4.21. The summed E-state index contributed by atoms with van der Waals surface area (Å²) >= 11 is 0. The molecule has 0 spiro atoms. The van der Waals surface area contributed by atoms with Crippen molar-refractivity contribution in [3.8, 4) is 0 Å². The highest BCUT2D eigenvalue weighted by Gasteiger charge is 1.98. The molecule has 0 amide bonds. The summed E-state index contributed by atoms with van der Waals surface area (Å²) in [5.41, 5.74) is 2.71. The molecule has 16 heavy (non-hydrogen) atoms. The van der Waals surface area contributed by atoms with Crippen molar-refractivity contribution >= 4 is 5.97 Å². The Morgan fingerprint density at radius 1 is 1.06 bits per heavy atom. The van der Waals surface area contributed by atoms with Crippen molar-refractivity contribution in [2.45, 2.75) is 53.4 Å². The zero-order valence-electron chi connectivity index (χ0n) is 11.0. The zero-order chi connectivity index (χ0) is 12.4. The van der Waals surface area contributed by atoms with Crippen molar-refractivity contribution in [3.05, 3.63) is 23.3 Å². The number of ether oxygens (including phenoxy) is 1. The molecule has 0 radical (unpaired) electrons. The summed E-state index contributed by atoms with van der Waals surface area (Å²) < 4.78 is 4.86. The second kappa shape index (κ2) is 9.20. The minimum atomic E-state index is -0.101. The van der Waals surface area contributed by atoms with Crippen LogP contribution in [-0.2, 0) is 9.53 Å². The first-order valence-electron chi connectivity index (χ1n) is 6.00. The third kappa shape index (κ3) is 9.50. The molecule has 0 aromatic carbocycles. The van der Waals surface area contributed by atoms with Crippen molar-refractivity contribution in [3.63, 3.8) is 0 Å². The topological polar surface area (TPSA) is 26.3 Å². The Balaban J connectivity index is 3.70. The van der Waals surface area contributed by atoms with Gasteiger partial charge in [-0.05, 0) is 47.0 Å². The normalized spacial score (nSPS) is 11.1. The van der Waals surface area contributed by atoms with Crippen LogP contribution in [-0.4, -0.2) is 12.6 Å². The molecule has 0 rings (SSSR count). The van der Waals surface area contributed by atoms with Crippen molar-refractivity contribution in [2.24, 2.45) is 0 Å². The largest absolute Gasteiger partial charge is 0.466 e. The smallest absolute Gasteiger partial charge is 0.306 e. The van der Waals surface area contributed by atoms with Gasteiger partial charge in [-0.3, -0.25) is 4.79 Å². The molecule has 0 atom stereocenters. The molecule has 0 N–H and O–H groups in total. The highest BCUT2D eigenvalue weighted by atomic mass is 16.5. The van der Waals surface area contributed by atoms with Gasteiger partial charge in [0.15, 0.2) is 0 Å². The predicted octanol–water partition coefficient (Wildman–Crippen LogP) is 4.02. The van der Waals surface area contributed by atoms with E-state index in [0.717, 1.165) is 19.3 Å². The van der Waals surface area contributed by atoms with Crippen molar-refractivity contribution in [2.75, 3.05) is 6.61 Å². The van der Waals surface area contributed by atoms with E-state index in [1.54, 1.807) is 0 Å². The van der Waals surface area contributed by atoms with E-state index in [-0.39, 0.29) is 5.97 Å². The van der Waals surface area contributed by atoms with E-state index in [4.69, 9.17) is 4.74 Å². The van der Waals surface area contributed by atoms with Gasteiger partial charge >= 0.3 is 5.97 Å². The standard InChI is InChI=1S/C14H24O2/c1-5-16-14(15)11-7-10-13(4)9-6-8-12(2)3/h8,10H,5-7,9,11H2,1-4H3. The van der Waals surface area contributed by atoms with Crippen molar-refractivity contribution in [1.29, 1.82) is 0 Å². The Labute approximate surface area is 99.4 Å². The lowest BCUT2D eigenvalue weighted by Crippen LogP contribution is -2.02. The first-order chi connectivity index (χ1) is 7.56. The van der Waals surface area contributed by atoms with Crippen molar-refractivity contribution < 1.29 is 9.53 Å². The van der Waals surface area contributed by atoms with Gasteiger partial charge in [0.25, 0.3) is 0 Å². The van der Waals surface area contributed by atoms with E-state index in [2.05, 4.69) is 32.9 Å². The molecule has 0 saturated carbocycles. The number of carbonyl (C=O) groups is 1. The summed E-state index contributed by atoms with van der Waals surface area (Å²) in [6, 6.07) is 0. The van der Waals surface area contributed by atoms with Gasteiger partial charge in [-0.1, -0.05) is 23.3 Å². The van der Waals surface area contributed by atoms with Crippen LogP contribution < -0.4 is 0 Å². The number of rotatable bonds is 7. The van der Waals surface area contributed by atoms with Crippen LogP contribution in [0.15, 0.2) is 23.3 Å². The van der Waals surface area contributed by atoms with E-state index < -0.39 is 0 Å². The van der Waals surface area contributed by atoms with Gasteiger partial charge in [-0.25, -0.2) is 0 Å². The lowest BCUT2D eigenvalue weighted by Gasteiger charge is -2.01. The molecule has 0 heterocycles. The number of carbonyl (C=O) groups excluding carboxylic acids is 1. The molecule has 0 aliphatic carbocycles. The summed E-state index contributed by atoms with van der Waals surface area (Å²) in [6.45, 7) is 8.64. The number of hydrogen-bond acceptors (Lipinski definition) is 2. The van der Waals surface area contributed by atoms with E-state index >= 15 is 0 Å². The number of allylic oxidation sites excluding steroid dienone is 4. The van der Waals surface area contributed by atoms with E-state index in [0.29, 0.717) is 13.0 Å². The number of esters is 1. The third-order valence-electron chi connectivity index (χ3n) is 2.24. The molecule has 2 heteroatoms. The minimum absolute atomic E-state index is 0.101. The maximum atomic E-state index is 11.1. The van der Waals surface area contributed by atoms with Crippen LogP contribution in [0.25, 0.3) is 0 Å². The Morgan fingerprint density at radius 2 is 1.69 bits per heavy atom. The molecule has 0 aliphatic rings. The van der Waals surface area contributed by atoms with Crippen LogP contribution in [0, 0.1) is 0 Å². The van der Waals surface area contributed by atoms with Crippen LogP contribution in [0.4, 0.5) is 0 Å². The first kappa shape index (κ1) is 14.9. The molecular formula is C14H24O2. The Morgan fingerprint density at radius 3 is 2.25 bits per heavy atom. The highest BCUT2D eigenvalue weighted by molar-refractivity contribution is 5.69. The zero-order valence-corrected chi connectivity index (χ0v) is 11.0. The Kier molecular flexibility index (Phi) is 8.59. The van der Waals surface area contributed by atoms with E-state index in [9.17, 15) is 4.79 Å². The highest BCUT2D eigenvalue weighted by Crippen LogP contribution is 2.08. The Hall–Kier alpha value is -1.05. The van der Waals surface area contributed by atoms with Crippen molar-refractivity contribution in [1.82, 2.24) is 0 Å². The average Bonchev–Trinajstić information content (AvgIpc) is 2.17. The summed E-state index contributed by atoms with van der Waals surface area (Å²) in [4.78, 5) is 11.1. The summed E-state index contributed by atoms with van der Waals surface area (Å²) in [5.74, 6) is -0.101. The molecule has 2 nitrogen and oxygen atoms in total. The first-order valence-corrected chi connectivity index (χ1v) is 6.00. The molecule has 0 saturated heterocycles. The minimum Gasteiger partial charge on any atom is -0.466 e. The maximum Gasteiger partial charge on any atom is 0.306 e. The molecular weight excluding hydrogens is 200 g/mol.